The average Bonchev–Trinajstić information content (AvgIpc) is 2.74. The van der Waals surface area contributed by atoms with E-state index in [4.69, 9.17) is 4.74 Å². The molecule has 1 aliphatic heterocycles. The third-order valence-electron chi connectivity index (χ3n) is 6.20. The molecule has 0 radical (unpaired) electrons. The molecule has 1 saturated heterocycles. The molecule has 2 fully saturated rings. The van der Waals surface area contributed by atoms with Crippen LogP contribution in [0, 0.1) is 0 Å². The zero-order valence-electron chi connectivity index (χ0n) is 17.0. The number of carbonyl (C=O) groups excluding carboxylic acids is 1. The van der Waals surface area contributed by atoms with Crippen LogP contribution in [0.15, 0.2) is 30.3 Å². The summed E-state index contributed by atoms with van der Waals surface area (Å²) in [5.74, 6) is 1.23. The van der Waals surface area contributed by atoms with Gasteiger partial charge in [0.1, 0.15) is 12.4 Å². The van der Waals surface area contributed by atoms with E-state index in [-0.39, 0.29) is 6.04 Å². The van der Waals surface area contributed by atoms with Gasteiger partial charge in [-0.25, -0.2) is 0 Å². The van der Waals surface area contributed by atoms with Gasteiger partial charge in [0.25, 0.3) is 0 Å². The SMILES string of the molecule is CC(C(=O)N(C)C1CCCCC1)N1CCN(CCOc2ccccc2)CC1. The molecule has 0 aromatic heterocycles. The van der Waals surface area contributed by atoms with Crippen molar-refractivity contribution in [3.05, 3.63) is 30.3 Å². The molecular weight excluding hydrogens is 338 g/mol. The number of benzene rings is 1. The Kier molecular flexibility index (Phi) is 7.53. The molecular formula is C22H35N3O2. The van der Waals surface area contributed by atoms with Gasteiger partial charge in [-0.1, -0.05) is 37.5 Å². The first-order valence-electron chi connectivity index (χ1n) is 10.6. The lowest BCUT2D eigenvalue weighted by atomic mass is 9.94. The Balaban J connectivity index is 1.38. The number of piperazine rings is 1. The highest BCUT2D eigenvalue weighted by atomic mass is 16.5. The molecule has 1 saturated carbocycles. The van der Waals surface area contributed by atoms with Gasteiger partial charge in [0.2, 0.25) is 5.91 Å². The number of hydrogen-bond acceptors (Lipinski definition) is 4. The summed E-state index contributed by atoms with van der Waals surface area (Å²) in [5.41, 5.74) is 0. The summed E-state index contributed by atoms with van der Waals surface area (Å²) in [6, 6.07) is 10.4. The number of nitrogens with zero attached hydrogens (tertiary/aromatic N) is 3. The monoisotopic (exact) mass is 373 g/mol. The van der Waals surface area contributed by atoms with Crippen molar-refractivity contribution in [3.8, 4) is 5.75 Å². The minimum absolute atomic E-state index is 0.0142. The number of likely N-dealkylation sites (N-methyl/N-ethyl adjacent to an activating group) is 1. The lowest BCUT2D eigenvalue weighted by Gasteiger charge is -2.40. The largest absolute Gasteiger partial charge is 0.492 e. The Hall–Kier alpha value is -1.59. The van der Waals surface area contributed by atoms with Crippen molar-refractivity contribution in [1.82, 2.24) is 14.7 Å². The zero-order chi connectivity index (χ0) is 19.1. The Morgan fingerprint density at radius 3 is 2.44 bits per heavy atom. The molecule has 1 aromatic rings. The van der Waals surface area contributed by atoms with E-state index < -0.39 is 0 Å². The highest BCUT2D eigenvalue weighted by Gasteiger charge is 2.30. The molecule has 1 atom stereocenters. The molecule has 1 aliphatic carbocycles. The molecule has 150 valence electrons. The van der Waals surface area contributed by atoms with Crippen molar-refractivity contribution < 1.29 is 9.53 Å². The van der Waals surface area contributed by atoms with Gasteiger partial charge in [0.15, 0.2) is 0 Å². The third kappa shape index (κ3) is 5.69. The lowest BCUT2D eigenvalue weighted by molar-refractivity contribution is -0.138. The molecule has 5 heteroatoms. The molecule has 0 bridgehead atoms. The van der Waals surface area contributed by atoms with E-state index in [0.717, 1.165) is 38.5 Å². The highest BCUT2D eigenvalue weighted by Crippen LogP contribution is 2.22. The first-order chi connectivity index (χ1) is 13.1. The molecule has 27 heavy (non-hydrogen) atoms. The summed E-state index contributed by atoms with van der Waals surface area (Å²) in [4.78, 5) is 19.7. The van der Waals surface area contributed by atoms with E-state index in [0.29, 0.717) is 18.6 Å². The normalized spacial score (nSPS) is 21.0. The van der Waals surface area contributed by atoms with Gasteiger partial charge < -0.3 is 9.64 Å². The van der Waals surface area contributed by atoms with Crippen LogP contribution < -0.4 is 4.74 Å². The van der Waals surface area contributed by atoms with Crippen molar-refractivity contribution in [2.75, 3.05) is 46.4 Å². The van der Waals surface area contributed by atoms with Crippen LogP contribution in [0.5, 0.6) is 5.75 Å². The molecule has 3 rings (SSSR count). The number of carbonyl (C=O) groups is 1. The fourth-order valence-corrected chi connectivity index (χ4v) is 4.28. The predicted octanol–water partition coefficient (Wildman–Crippen LogP) is 2.86. The maximum atomic E-state index is 12.9. The Morgan fingerprint density at radius 2 is 1.78 bits per heavy atom. The van der Waals surface area contributed by atoms with Gasteiger partial charge in [0.05, 0.1) is 6.04 Å². The standard InChI is InChI=1S/C22H35N3O2/c1-19(22(26)23(2)20-9-5-3-6-10-20)25-15-13-24(14-16-25)17-18-27-21-11-7-4-8-12-21/h4,7-8,11-12,19-20H,3,5-6,9-10,13-18H2,1-2H3. The minimum atomic E-state index is -0.0142. The van der Waals surface area contributed by atoms with Gasteiger partial charge in [-0.3, -0.25) is 14.6 Å². The predicted molar refractivity (Wildman–Crippen MR) is 109 cm³/mol. The van der Waals surface area contributed by atoms with Crippen LogP contribution in [0.25, 0.3) is 0 Å². The van der Waals surface area contributed by atoms with Crippen molar-refractivity contribution in [1.29, 1.82) is 0 Å². The zero-order valence-corrected chi connectivity index (χ0v) is 17.0. The summed E-state index contributed by atoms with van der Waals surface area (Å²) in [5, 5.41) is 0. The molecule has 1 aromatic carbocycles. The molecule has 1 unspecified atom stereocenters. The van der Waals surface area contributed by atoms with Gasteiger partial charge in [-0.15, -0.1) is 0 Å². The average molecular weight is 374 g/mol. The summed E-state index contributed by atoms with van der Waals surface area (Å²) in [7, 11) is 2.01. The summed E-state index contributed by atoms with van der Waals surface area (Å²) >= 11 is 0. The molecule has 0 spiro atoms. The van der Waals surface area contributed by atoms with Crippen molar-refractivity contribution in [2.45, 2.75) is 51.1 Å². The van der Waals surface area contributed by atoms with E-state index in [9.17, 15) is 4.79 Å². The molecule has 0 N–H and O–H groups in total. The van der Waals surface area contributed by atoms with E-state index >= 15 is 0 Å². The fraction of sp³-hybridized carbons (Fsp3) is 0.682. The maximum Gasteiger partial charge on any atom is 0.239 e. The Bertz CT molecular complexity index is 566. The second-order valence-electron chi connectivity index (χ2n) is 7.96. The van der Waals surface area contributed by atoms with Crippen LogP contribution in [0.3, 0.4) is 0 Å². The Morgan fingerprint density at radius 1 is 1.11 bits per heavy atom. The summed E-state index contributed by atoms with van der Waals surface area (Å²) in [6.07, 6.45) is 6.19. The molecule has 1 amide bonds. The van der Waals surface area contributed by atoms with E-state index in [1.54, 1.807) is 0 Å². The van der Waals surface area contributed by atoms with E-state index in [1.165, 1.54) is 32.1 Å². The van der Waals surface area contributed by atoms with Crippen LogP contribution in [0.4, 0.5) is 0 Å². The van der Waals surface area contributed by atoms with Crippen molar-refractivity contribution in [2.24, 2.45) is 0 Å². The number of para-hydroxylation sites is 1. The van der Waals surface area contributed by atoms with Crippen LogP contribution in [-0.2, 0) is 4.79 Å². The summed E-state index contributed by atoms with van der Waals surface area (Å²) in [6.45, 7) is 7.64. The lowest BCUT2D eigenvalue weighted by Crippen LogP contribution is -2.55. The van der Waals surface area contributed by atoms with Crippen LogP contribution in [0.1, 0.15) is 39.0 Å². The first kappa shape index (κ1) is 20.2. The van der Waals surface area contributed by atoms with Crippen LogP contribution in [0.2, 0.25) is 0 Å². The van der Waals surface area contributed by atoms with E-state index in [2.05, 4.69) is 16.7 Å². The maximum absolute atomic E-state index is 12.9. The minimum Gasteiger partial charge on any atom is -0.492 e. The topological polar surface area (TPSA) is 36.0 Å². The third-order valence-corrected chi connectivity index (χ3v) is 6.20. The molecule has 1 heterocycles. The molecule has 2 aliphatic rings. The Labute approximate surface area is 164 Å². The van der Waals surface area contributed by atoms with Crippen molar-refractivity contribution in [3.63, 3.8) is 0 Å². The van der Waals surface area contributed by atoms with Crippen molar-refractivity contribution >= 4 is 5.91 Å². The highest BCUT2D eigenvalue weighted by molar-refractivity contribution is 5.81. The van der Waals surface area contributed by atoms with Gasteiger partial charge in [-0.2, -0.15) is 0 Å². The quantitative estimate of drug-likeness (QED) is 0.736. The second-order valence-corrected chi connectivity index (χ2v) is 7.96. The van der Waals surface area contributed by atoms with Gasteiger partial charge in [-0.05, 0) is 31.9 Å². The number of amides is 1. The first-order valence-corrected chi connectivity index (χ1v) is 10.6. The van der Waals surface area contributed by atoms with E-state index in [1.807, 2.05) is 42.3 Å². The molecule has 5 nitrogen and oxygen atoms in total. The van der Waals surface area contributed by atoms with Gasteiger partial charge >= 0.3 is 0 Å². The number of hydrogen-bond donors (Lipinski definition) is 0. The number of ether oxygens (including phenoxy) is 1. The van der Waals surface area contributed by atoms with Crippen LogP contribution in [-0.4, -0.2) is 79.1 Å². The smallest absolute Gasteiger partial charge is 0.239 e. The van der Waals surface area contributed by atoms with Crippen LogP contribution >= 0.6 is 0 Å². The second kappa shape index (κ2) is 10.1. The number of rotatable bonds is 7. The van der Waals surface area contributed by atoms with Gasteiger partial charge in [0, 0.05) is 45.8 Å². The fourth-order valence-electron chi connectivity index (χ4n) is 4.28. The summed E-state index contributed by atoms with van der Waals surface area (Å²) < 4.78 is 5.80.